The minimum atomic E-state index is -1.10. The Morgan fingerprint density at radius 2 is 2.06 bits per heavy atom. The summed E-state index contributed by atoms with van der Waals surface area (Å²) in [6.07, 6.45) is 0. The van der Waals surface area contributed by atoms with E-state index in [0.717, 1.165) is 11.8 Å². The van der Waals surface area contributed by atoms with Crippen molar-refractivity contribution in [1.29, 1.82) is 0 Å². The van der Waals surface area contributed by atoms with Crippen molar-refractivity contribution < 1.29 is 14.8 Å². The normalized spacial score (nSPS) is 11.2. The predicted octanol–water partition coefficient (Wildman–Crippen LogP) is 2.86. The van der Waals surface area contributed by atoms with Crippen LogP contribution in [0.4, 0.5) is 5.69 Å². The summed E-state index contributed by atoms with van der Waals surface area (Å²) >= 11 is 0.994. The minimum Gasteiger partial charge on any atom is -0.480 e. The quantitative estimate of drug-likeness (QED) is 0.508. The molecule has 0 aliphatic carbocycles. The molecule has 1 aromatic rings. The van der Waals surface area contributed by atoms with Gasteiger partial charge in [-0.2, -0.15) is 0 Å². The Labute approximate surface area is 103 Å². The Hall–Kier alpha value is -1.56. The summed E-state index contributed by atoms with van der Waals surface area (Å²) in [6.45, 7) is 4.78. The molecule has 5 nitrogen and oxygen atoms in total. The molecular formula is C11H13NO4S. The summed E-state index contributed by atoms with van der Waals surface area (Å²) in [4.78, 5) is 21.8. The molecule has 17 heavy (non-hydrogen) atoms. The first kappa shape index (κ1) is 13.5. The molecule has 0 aromatic heterocycles. The summed E-state index contributed by atoms with van der Waals surface area (Å²) in [6, 6.07) is 4.70. The molecule has 0 saturated heterocycles. The molecule has 0 unspecified atom stereocenters. The Morgan fingerprint density at radius 3 is 2.53 bits per heavy atom. The zero-order valence-corrected chi connectivity index (χ0v) is 10.6. The molecule has 0 fully saturated rings. The van der Waals surface area contributed by atoms with Gasteiger partial charge in [0.2, 0.25) is 0 Å². The topological polar surface area (TPSA) is 80.4 Å². The first-order valence-electron chi connectivity index (χ1n) is 4.92. The minimum absolute atomic E-state index is 0.0516. The third-order valence-electron chi connectivity index (χ3n) is 2.26. The third-order valence-corrected chi connectivity index (χ3v) is 3.68. The SMILES string of the molecule is Cc1cccc([N+](=O)[O-])c1SC(C)(C)C(=O)O. The van der Waals surface area contributed by atoms with E-state index in [0.29, 0.717) is 10.5 Å². The van der Waals surface area contributed by atoms with E-state index in [4.69, 9.17) is 5.11 Å². The van der Waals surface area contributed by atoms with Crippen LogP contribution in [0.1, 0.15) is 19.4 Å². The lowest BCUT2D eigenvalue weighted by Gasteiger charge is -2.19. The lowest BCUT2D eigenvalue weighted by molar-refractivity contribution is -0.387. The molecule has 0 saturated carbocycles. The van der Waals surface area contributed by atoms with E-state index < -0.39 is 15.6 Å². The van der Waals surface area contributed by atoms with Crippen LogP contribution in [0.25, 0.3) is 0 Å². The van der Waals surface area contributed by atoms with Gasteiger partial charge < -0.3 is 5.11 Å². The highest BCUT2D eigenvalue weighted by Crippen LogP contribution is 2.40. The van der Waals surface area contributed by atoms with E-state index in [9.17, 15) is 14.9 Å². The fraction of sp³-hybridized carbons (Fsp3) is 0.364. The second-order valence-electron chi connectivity index (χ2n) is 4.10. The zero-order valence-electron chi connectivity index (χ0n) is 9.76. The van der Waals surface area contributed by atoms with Crippen LogP contribution in [0.3, 0.4) is 0 Å². The molecule has 1 rings (SSSR count). The number of aliphatic carboxylic acids is 1. The number of aryl methyl sites for hydroxylation is 1. The van der Waals surface area contributed by atoms with Crippen molar-refractivity contribution in [2.75, 3.05) is 0 Å². The first-order chi connectivity index (χ1) is 7.75. The van der Waals surface area contributed by atoms with Crippen molar-refractivity contribution in [2.45, 2.75) is 30.4 Å². The number of hydrogen-bond donors (Lipinski definition) is 1. The molecule has 1 aromatic carbocycles. The number of nitrogens with zero attached hydrogens (tertiary/aromatic N) is 1. The molecule has 0 atom stereocenters. The second kappa shape index (κ2) is 4.75. The van der Waals surface area contributed by atoms with E-state index in [-0.39, 0.29) is 5.69 Å². The van der Waals surface area contributed by atoms with Gasteiger partial charge in [-0.3, -0.25) is 14.9 Å². The Balaban J connectivity index is 3.22. The highest BCUT2D eigenvalue weighted by Gasteiger charge is 2.32. The van der Waals surface area contributed by atoms with Crippen LogP contribution in [0.15, 0.2) is 23.1 Å². The van der Waals surface area contributed by atoms with Gasteiger partial charge in [0, 0.05) is 6.07 Å². The zero-order chi connectivity index (χ0) is 13.2. The van der Waals surface area contributed by atoms with Crippen LogP contribution in [-0.4, -0.2) is 20.7 Å². The van der Waals surface area contributed by atoms with E-state index in [1.54, 1.807) is 19.1 Å². The molecule has 0 aliphatic rings. The number of benzene rings is 1. The molecule has 6 heteroatoms. The van der Waals surface area contributed by atoms with Gasteiger partial charge in [0.15, 0.2) is 0 Å². The van der Waals surface area contributed by atoms with Gasteiger partial charge in [-0.1, -0.05) is 12.1 Å². The van der Waals surface area contributed by atoms with Gasteiger partial charge >= 0.3 is 5.97 Å². The monoisotopic (exact) mass is 255 g/mol. The predicted molar refractivity (Wildman–Crippen MR) is 65.4 cm³/mol. The molecule has 0 aliphatic heterocycles. The molecule has 0 amide bonds. The van der Waals surface area contributed by atoms with Crippen molar-refractivity contribution in [2.24, 2.45) is 0 Å². The number of carboxylic acids is 1. The summed E-state index contributed by atoms with van der Waals surface area (Å²) in [5.74, 6) is -1.000. The van der Waals surface area contributed by atoms with Crippen molar-refractivity contribution in [3.8, 4) is 0 Å². The van der Waals surface area contributed by atoms with Gasteiger partial charge in [-0.15, -0.1) is 11.8 Å². The Kier molecular flexibility index (Phi) is 3.77. The summed E-state index contributed by atoms with van der Waals surface area (Å²) in [7, 11) is 0. The number of hydrogen-bond acceptors (Lipinski definition) is 4. The smallest absolute Gasteiger partial charge is 0.319 e. The summed E-state index contributed by atoms with van der Waals surface area (Å²) in [5.41, 5.74) is 0.655. The maximum atomic E-state index is 11.0. The van der Waals surface area contributed by atoms with Crippen LogP contribution in [-0.2, 0) is 4.79 Å². The van der Waals surface area contributed by atoms with Crippen LogP contribution in [0.5, 0.6) is 0 Å². The van der Waals surface area contributed by atoms with Crippen LogP contribution in [0, 0.1) is 17.0 Å². The summed E-state index contributed by atoms with van der Waals surface area (Å²) in [5, 5.41) is 19.9. The summed E-state index contributed by atoms with van der Waals surface area (Å²) < 4.78 is -1.10. The van der Waals surface area contributed by atoms with E-state index in [1.807, 2.05) is 0 Å². The standard InChI is InChI=1S/C11H13NO4S/c1-7-5-4-6-8(12(15)16)9(7)17-11(2,3)10(13)14/h4-6H,1-3H3,(H,13,14). The molecule has 92 valence electrons. The molecule has 0 bridgehead atoms. The number of carboxylic acid groups (broad SMARTS) is 1. The largest absolute Gasteiger partial charge is 0.480 e. The second-order valence-corrected chi connectivity index (χ2v) is 5.73. The fourth-order valence-corrected chi connectivity index (χ4v) is 2.29. The molecule has 0 radical (unpaired) electrons. The lowest BCUT2D eigenvalue weighted by Crippen LogP contribution is -2.27. The number of carbonyl (C=O) groups is 1. The van der Waals surface area contributed by atoms with Gasteiger partial charge in [0.05, 0.1) is 9.82 Å². The lowest BCUT2D eigenvalue weighted by atomic mass is 10.2. The maximum absolute atomic E-state index is 11.0. The Bertz CT molecular complexity index is 471. The highest BCUT2D eigenvalue weighted by molar-refractivity contribution is 8.01. The van der Waals surface area contributed by atoms with Gasteiger partial charge in [-0.25, -0.2) is 0 Å². The average molecular weight is 255 g/mol. The number of thioether (sulfide) groups is 1. The van der Waals surface area contributed by atoms with Gasteiger partial charge in [0.25, 0.3) is 5.69 Å². The molecule has 0 heterocycles. The van der Waals surface area contributed by atoms with Crippen molar-refractivity contribution in [3.05, 3.63) is 33.9 Å². The Morgan fingerprint density at radius 1 is 1.47 bits per heavy atom. The van der Waals surface area contributed by atoms with Crippen LogP contribution < -0.4 is 0 Å². The first-order valence-corrected chi connectivity index (χ1v) is 5.74. The number of rotatable bonds is 4. The van der Waals surface area contributed by atoms with Gasteiger partial charge in [0.1, 0.15) is 4.75 Å². The van der Waals surface area contributed by atoms with Crippen molar-refractivity contribution >= 4 is 23.4 Å². The molecule has 1 N–H and O–H groups in total. The molecule has 0 spiro atoms. The average Bonchev–Trinajstić information content (AvgIpc) is 2.20. The molecular weight excluding hydrogens is 242 g/mol. The van der Waals surface area contributed by atoms with Crippen molar-refractivity contribution in [1.82, 2.24) is 0 Å². The van der Waals surface area contributed by atoms with Crippen LogP contribution in [0.2, 0.25) is 0 Å². The van der Waals surface area contributed by atoms with Crippen LogP contribution >= 0.6 is 11.8 Å². The van der Waals surface area contributed by atoms with Gasteiger partial charge in [-0.05, 0) is 26.3 Å². The maximum Gasteiger partial charge on any atom is 0.319 e. The third kappa shape index (κ3) is 2.97. The van der Waals surface area contributed by atoms with E-state index >= 15 is 0 Å². The van der Waals surface area contributed by atoms with E-state index in [1.165, 1.54) is 19.9 Å². The van der Waals surface area contributed by atoms with Crippen molar-refractivity contribution in [3.63, 3.8) is 0 Å². The van der Waals surface area contributed by atoms with E-state index in [2.05, 4.69) is 0 Å². The highest BCUT2D eigenvalue weighted by atomic mass is 32.2. The number of nitro groups is 1. The fourth-order valence-electron chi connectivity index (χ4n) is 1.21. The number of nitro benzene ring substituents is 1.